The number of carbonyl (C=O) groups is 1. The first-order valence-corrected chi connectivity index (χ1v) is 8.42. The molecule has 128 valence electrons. The minimum atomic E-state index is -0.551. The Hall–Kier alpha value is -2.20. The maximum absolute atomic E-state index is 12.4. The summed E-state index contributed by atoms with van der Waals surface area (Å²) in [4.78, 5) is 12.4. The van der Waals surface area contributed by atoms with Gasteiger partial charge < -0.3 is 14.8 Å². The summed E-state index contributed by atoms with van der Waals surface area (Å²) in [5.74, 6) is 1.25. The molecule has 0 fully saturated rings. The van der Waals surface area contributed by atoms with Crippen molar-refractivity contribution in [3.8, 4) is 11.5 Å². The maximum atomic E-state index is 12.4. The lowest BCUT2D eigenvalue weighted by Gasteiger charge is -2.18. The van der Waals surface area contributed by atoms with Crippen LogP contribution in [-0.4, -0.2) is 18.6 Å². The summed E-state index contributed by atoms with van der Waals surface area (Å²) in [5.41, 5.74) is 0.939. The van der Waals surface area contributed by atoms with Gasteiger partial charge in [0.05, 0.1) is 6.61 Å². The predicted molar refractivity (Wildman–Crippen MR) is 95.6 cm³/mol. The Balaban J connectivity index is 1.96. The lowest BCUT2D eigenvalue weighted by Crippen LogP contribution is -2.37. The molecule has 0 aliphatic heterocycles. The number of benzene rings is 2. The van der Waals surface area contributed by atoms with Gasteiger partial charge in [-0.15, -0.1) is 0 Å². The molecule has 0 unspecified atom stereocenters. The third kappa shape index (κ3) is 5.17. The standard InChI is InChI=1S/C19H22ClNO3/c1-3-17(24-16-11-9-15(20)10-12-16)19(22)21-13-14-7-5-6-8-18(14)23-4-2/h5-12,17H,3-4,13H2,1-2H3,(H,21,22)/t17-/m1/s1. The minimum absolute atomic E-state index is 0.154. The van der Waals surface area contributed by atoms with Gasteiger partial charge in [0.2, 0.25) is 0 Å². The van der Waals surface area contributed by atoms with E-state index in [0.29, 0.717) is 30.3 Å². The molecular formula is C19H22ClNO3. The second kappa shape index (κ2) is 9.18. The molecule has 2 rings (SSSR count). The van der Waals surface area contributed by atoms with Crippen molar-refractivity contribution in [2.75, 3.05) is 6.61 Å². The Kier molecular flexibility index (Phi) is 6.94. The Labute approximate surface area is 147 Å². The van der Waals surface area contributed by atoms with Gasteiger partial charge in [0.15, 0.2) is 6.10 Å². The minimum Gasteiger partial charge on any atom is -0.494 e. The lowest BCUT2D eigenvalue weighted by atomic mass is 10.2. The fourth-order valence-electron chi connectivity index (χ4n) is 2.24. The van der Waals surface area contributed by atoms with Gasteiger partial charge in [0.25, 0.3) is 5.91 Å². The molecule has 5 heteroatoms. The Morgan fingerprint density at radius 3 is 2.50 bits per heavy atom. The fraction of sp³-hybridized carbons (Fsp3) is 0.316. The average Bonchev–Trinajstić information content (AvgIpc) is 2.60. The SMILES string of the molecule is CCOc1ccccc1CNC(=O)[C@@H](CC)Oc1ccc(Cl)cc1. The van der Waals surface area contributed by atoms with Gasteiger partial charge in [-0.25, -0.2) is 0 Å². The van der Waals surface area contributed by atoms with Crippen LogP contribution < -0.4 is 14.8 Å². The van der Waals surface area contributed by atoms with Crippen molar-refractivity contribution in [3.05, 3.63) is 59.1 Å². The van der Waals surface area contributed by atoms with Crippen LogP contribution in [0.2, 0.25) is 5.02 Å². The van der Waals surface area contributed by atoms with Crippen LogP contribution in [0.3, 0.4) is 0 Å². The second-order valence-electron chi connectivity index (χ2n) is 5.23. The zero-order chi connectivity index (χ0) is 17.4. The molecule has 1 atom stereocenters. The van der Waals surface area contributed by atoms with Crippen molar-refractivity contribution in [1.29, 1.82) is 0 Å². The van der Waals surface area contributed by atoms with E-state index < -0.39 is 6.10 Å². The first kappa shape index (κ1) is 18.1. The van der Waals surface area contributed by atoms with Crippen molar-refractivity contribution in [3.63, 3.8) is 0 Å². The van der Waals surface area contributed by atoms with Gasteiger partial charge in [0.1, 0.15) is 11.5 Å². The molecule has 0 heterocycles. The van der Waals surface area contributed by atoms with Gasteiger partial charge in [-0.05, 0) is 43.7 Å². The predicted octanol–water partition coefficient (Wildman–Crippen LogP) is 4.21. The Morgan fingerprint density at radius 1 is 1.12 bits per heavy atom. The van der Waals surface area contributed by atoms with Crippen molar-refractivity contribution >= 4 is 17.5 Å². The van der Waals surface area contributed by atoms with Crippen LogP contribution in [0.15, 0.2) is 48.5 Å². The van der Waals surface area contributed by atoms with Crippen LogP contribution in [0.4, 0.5) is 0 Å². The molecule has 1 amide bonds. The summed E-state index contributed by atoms with van der Waals surface area (Å²) in [6.07, 6.45) is 0.0205. The number of para-hydroxylation sites is 1. The molecule has 0 saturated heterocycles. The van der Waals surface area contributed by atoms with E-state index in [9.17, 15) is 4.79 Å². The van der Waals surface area contributed by atoms with Crippen molar-refractivity contribution in [2.45, 2.75) is 32.9 Å². The van der Waals surface area contributed by atoms with Crippen molar-refractivity contribution in [1.82, 2.24) is 5.32 Å². The summed E-state index contributed by atoms with van der Waals surface area (Å²) >= 11 is 5.86. The molecule has 24 heavy (non-hydrogen) atoms. The quantitative estimate of drug-likeness (QED) is 0.778. The number of amides is 1. The lowest BCUT2D eigenvalue weighted by molar-refractivity contribution is -0.128. The molecule has 2 aromatic carbocycles. The van der Waals surface area contributed by atoms with Gasteiger partial charge in [-0.1, -0.05) is 36.7 Å². The summed E-state index contributed by atoms with van der Waals surface area (Å²) in [7, 11) is 0. The Bertz CT molecular complexity index is 658. The van der Waals surface area contributed by atoms with Gasteiger partial charge in [0, 0.05) is 17.1 Å². The molecule has 0 spiro atoms. The fourth-order valence-corrected chi connectivity index (χ4v) is 2.37. The summed E-state index contributed by atoms with van der Waals surface area (Å²) < 4.78 is 11.3. The zero-order valence-corrected chi connectivity index (χ0v) is 14.7. The normalized spacial score (nSPS) is 11.6. The molecule has 4 nitrogen and oxygen atoms in total. The molecule has 0 bridgehead atoms. The highest BCUT2D eigenvalue weighted by molar-refractivity contribution is 6.30. The van der Waals surface area contributed by atoms with E-state index in [4.69, 9.17) is 21.1 Å². The van der Waals surface area contributed by atoms with Crippen molar-refractivity contribution < 1.29 is 14.3 Å². The number of carbonyl (C=O) groups excluding carboxylic acids is 1. The molecular weight excluding hydrogens is 326 g/mol. The molecule has 0 aromatic heterocycles. The highest BCUT2D eigenvalue weighted by atomic mass is 35.5. The number of hydrogen-bond acceptors (Lipinski definition) is 3. The molecule has 2 aromatic rings. The van der Waals surface area contributed by atoms with Gasteiger partial charge in [-0.2, -0.15) is 0 Å². The van der Waals surface area contributed by atoms with Crippen molar-refractivity contribution in [2.24, 2.45) is 0 Å². The van der Waals surface area contributed by atoms with Crippen LogP contribution in [0.1, 0.15) is 25.8 Å². The third-order valence-corrected chi connectivity index (χ3v) is 3.73. The van der Waals surface area contributed by atoms with E-state index in [1.54, 1.807) is 24.3 Å². The topological polar surface area (TPSA) is 47.6 Å². The summed E-state index contributed by atoms with van der Waals surface area (Å²) in [5, 5.41) is 3.54. The van der Waals surface area contributed by atoms with E-state index in [1.807, 2.05) is 38.1 Å². The second-order valence-corrected chi connectivity index (χ2v) is 5.66. The van der Waals surface area contributed by atoms with Crippen LogP contribution in [-0.2, 0) is 11.3 Å². The number of ether oxygens (including phenoxy) is 2. The monoisotopic (exact) mass is 347 g/mol. The average molecular weight is 348 g/mol. The van der Waals surface area contributed by atoms with Gasteiger partial charge in [-0.3, -0.25) is 4.79 Å². The Morgan fingerprint density at radius 2 is 1.83 bits per heavy atom. The largest absolute Gasteiger partial charge is 0.494 e. The molecule has 0 aliphatic carbocycles. The number of hydrogen-bond donors (Lipinski definition) is 1. The van der Waals surface area contributed by atoms with Crippen LogP contribution in [0, 0.1) is 0 Å². The highest BCUT2D eigenvalue weighted by Gasteiger charge is 2.18. The molecule has 0 saturated carbocycles. The third-order valence-electron chi connectivity index (χ3n) is 3.48. The smallest absolute Gasteiger partial charge is 0.261 e. The first-order valence-electron chi connectivity index (χ1n) is 8.04. The summed E-state index contributed by atoms with van der Waals surface area (Å²) in [6, 6.07) is 14.6. The van der Waals surface area contributed by atoms with Crippen LogP contribution in [0.25, 0.3) is 0 Å². The number of halogens is 1. The number of rotatable bonds is 8. The van der Waals surface area contributed by atoms with E-state index in [2.05, 4.69) is 5.32 Å². The number of nitrogens with one attached hydrogen (secondary N) is 1. The van der Waals surface area contributed by atoms with E-state index >= 15 is 0 Å². The summed E-state index contributed by atoms with van der Waals surface area (Å²) in [6.45, 7) is 4.83. The highest BCUT2D eigenvalue weighted by Crippen LogP contribution is 2.19. The van der Waals surface area contributed by atoms with Crippen LogP contribution >= 0.6 is 11.6 Å². The van der Waals surface area contributed by atoms with E-state index in [-0.39, 0.29) is 5.91 Å². The zero-order valence-electron chi connectivity index (χ0n) is 13.9. The first-order chi connectivity index (χ1) is 11.6. The molecule has 0 radical (unpaired) electrons. The van der Waals surface area contributed by atoms with Gasteiger partial charge >= 0.3 is 0 Å². The molecule has 1 N–H and O–H groups in total. The maximum Gasteiger partial charge on any atom is 0.261 e. The molecule has 0 aliphatic rings. The van der Waals surface area contributed by atoms with E-state index in [0.717, 1.165) is 11.3 Å². The van der Waals surface area contributed by atoms with E-state index in [1.165, 1.54) is 0 Å². The van der Waals surface area contributed by atoms with Crippen LogP contribution in [0.5, 0.6) is 11.5 Å².